The summed E-state index contributed by atoms with van der Waals surface area (Å²) in [4.78, 5) is 24.4. The number of halogens is 1. The molecular weight excluding hydrogens is 468 g/mol. The van der Waals surface area contributed by atoms with E-state index in [1.54, 1.807) is 50.2 Å². The van der Waals surface area contributed by atoms with E-state index in [2.05, 4.69) is 21.2 Å². The van der Waals surface area contributed by atoms with E-state index in [4.69, 9.17) is 19.5 Å². The number of esters is 1. The lowest BCUT2D eigenvalue weighted by Crippen LogP contribution is -2.43. The lowest BCUT2D eigenvalue weighted by Gasteiger charge is -2.33. The SMILES string of the molecule is CCOC(=O)COc1c(OC)cc(Br)cc1C(CC)(Nc1ccc(C#N)cc1)C(=O)O. The molecule has 1 unspecified atom stereocenters. The lowest BCUT2D eigenvalue weighted by molar-refractivity contribution is -0.145. The number of carboxylic acids is 1. The summed E-state index contributed by atoms with van der Waals surface area (Å²) in [7, 11) is 1.42. The van der Waals surface area contributed by atoms with Crippen LogP contribution in [0.5, 0.6) is 11.5 Å². The lowest BCUT2D eigenvalue weighted by atomic mass is 9.85. The number of carboxylic acid groups (broad SMARTS) is 1. The maximum absolute atomic E-state index is 12.6. The summed E-state index contributed by atoms with van der Waals surface area (Å²) in [6.45, 7) is 3.18. The molecule has 2 N–H and O–H groups in total. The first-order valence-corrected chi connectivity index (χ1v) is 10.3. The van der Waals surface area contributed by atoms with Gasteiger partial charge in [-0.1, -0.05) is 22.9 Å². The Morgan fingerprint density at radius 3 is 2.42 bits per heavy atom. The zero-order valence-corrected chi connectivity index (χ0v) is 19.0. The number of benzene rings is 2. The van der Waals surface area contributed by atoms with Gasteiger partial charge in [0, 0.05) is 15.7 Å². The highest BCUT2D eigenvalue weighted by molar-refractivity contribution is 9.10. The Labute approximate surface area is 188 Å². The van der Waals surface area contributed by atoms with Crippen LogP contribution in [0.25, 0.3) is 0 Å². The van der Waals surface area contributed by atoms with Gasteiger partial charge < -0.3 is 24.6 Å². The van der Waals surface area contributed by atoms with Gasteiger partial charge in [-0.15, -0.1) is 0 Å². The molecule has 2 aromatic rings. The molecule has 9 heteroatoms. The number of nitriles is 1. The average Bonchev–Trinajstić information content (AvgIpc) is 2.76. The number of methoxy groups -OCH3 is 1. The molecular formula is C22H23BrN2O6. The summed E-state index contributed by atoms with van der Waals surface area (Å²) in [6.07, 6.45) is 0.137. The van der Waals surface area contributed by atoms with Gasteiger partial charge in [-0.05, 0) is 49.7 Å². The Morgan fingerprint density at radius 2 is 1.90 bits per heavy atom. The number of nitrogens with one attached hydrogen (secondary N) is 1. The van der Waals surface area contributed by atoms with Crippen molar-refractivity contribution in [3.8, 4) is 17.6 Å². The molecule has 8 nitrogen and oxygen atoms in total. The highest BCUT2D eigenvalue weighted by atomic mass is 79.9. The van der Waals surface area contributed by atoms with Crippen LogP contribution in [-0.4, -0.2) is 37.4 Å². The molecule has 0 aliphatic carbocycles. The molecule has 0 heterocycles. The molecule has 0 amide bonds. The average molecular weight is 491 g/mol. The second-order valence-electron chi connectivity index (χ2n) is 6.46. The number of hydrogen-bond acceptors (Lipinski definition) is 7. The number of rotatable bonds is 10. The molecule has 31 heavy (non-hydrogen) atoms. The smallest absolute Gasteiger partial charge is 0.344 e. The first kappa shape index (κ1) is 24.0. The first-order chi connectivity index (χ1) is 14.8. The van der Waals surface area contributed by atoms with E-state index in [9.17, 15) is 14.7 Å². The second kappa shape index (κ2) is 10.7. The molecule has 164 valence electrons. The van der Waals surface area contributed by atoms with Crippen molar-refractivity contribution in [1.82, 2.24) is 0 Å². The summed E-state index contributed by atoms with van der Waals surface area (Å²) in [5.74, 6) is -1.37. The van der Waals surface area contributed by atoms with Crippen molar-refractivity contribution in [3.63, 3.8) is 0 Å². The molecule has 0 aromatic heterocycles. The van der Waals surface area contributed by atoms with Gasteiger partial charge in [0.05, 0.1) is 25.3 Å². The van der Waals surface area contributed by atoms with E-state index in [1.165, 1.54) is 7.11 Å². The number of hydrogen-bond donors (Lipinski definition) is 2. The van der Waals surface area contributed by atoms with E-state index in [0.717, 1.165) is 0 Å². The molecule has 0 radical (unpaired) electrons. The minimum absolute atomic E-state index is 0.115. The Kier molecular flexibility index (Phi) is 8.28. The van der Waals surface area contributed by atoms with Gasteiger partial charge in [0.15, 0.2) is 23.6 Å². The van der Waals surface area contributed by atoms with Crippen LogP contribution in [0.4, 0.5) is 5.69 Å². The molecule has 0 fully saturated rings. The summed E-state index contributed by atoms with van der Waals surface area (Å²) in [5.41, 5.74) is -0.402. The van der Waals surface area contributed by atoms with E-state index in [-0.39, 0.29) is 30.1 Å². The van der Waals surface area contributed by atoms with Crippen LogP contribution in [0.2, 0.25) is 0 Å². The van der Waals surface area contributed by atoms with E-state index in [0.29, 0.717) is 15.7 Å². The molecule has 0 bridgehead atoms. The molecule has 2 rings (SSSR count). The molecule has 0 aliphatic rings. The Balaban J connectivity index is 2.60. The highest BCUT2D eigenvalue weighted by Crippen LogP contribution is 2.43. The molecule has 1 atom stereocenters. The third kappa shape index (κ3) is 5.47. The monoisotopic (exact) mass is 490 g/mol. The van der Waals surface area contributed by atoms with Crippen LogP contribution in [0, 0.1) is 11.3 Å². The predicted octanol–water partition coefficient (Wildman–Crippen LogP) is 4.07. The molecule has 0 aliphatic heterocycles. The second-order valence-corrected chi connectivity index (χ2v) is 7.37. The number of anilines is 1. The van der Waals surface area contributed by atoms with Crippen molar-refractivity contribution in [2.24, 2.45) is 0 Å². The quantitative estimate of drug-likeness (QED) is 0.478. The minimum atomic E-state index is -1.62. The van der Waals surface area contributed by atoms with Crippen molar-refractivity contribution >= 4 is 33.6 Å². The number of nitrogens with zero attached hydrogens (tertiary/aromatic N) is 1. The highest BCUT2D eigenvalue weighted by Gasteiger charge is 2.42. The number of carbonyl (C=O) groups excluding carboxylic acids is 1. The van der Waals surface area contributed by atoms with E-state index >= 15 is 0 Å². The van der Waals surface area contributed by atoms with Crippen molar-refractivity contribution < 1.29 is 28.9 Å². The predicted molar refractivity (Wildman–Crippen MR) is 117 cm³/mol. The standard InChI is InChI=1S/C22H23BrN2O6/c1-4-22(21(27)28,25-16-8-6-14(12-24)7-9-16)17-10-15(23)11-18(29-3)20(17)31-13-19(26)30-5-2/h6-11,25H,4-5,13H2,1-3H3,(H,27,28). The molecule has 2 aromatic carbocycles. The fourth-order valence-electron chi connectivity index (χ4n) is 3.06. The van der Waals surface area contributed by atoms with Crippen LogP contribution >= 0.6 is 15.9 Å². The van der Waals surface area contributed by atoms with Crippen LogP contribution < -0.4 is 14.8 Å². The molecule has 0 spiro atoms. The van der Waals surface area contributed by atoms with Crippen LogP contribution in [0.15, 0.2) is 40.9 Å². The first-order valence-electron chi connectivity index (χ1n) is 9.49. The Morgan fingerprint density at radius 1 is 1.23 bits per heavy atom. The normalized spacial score (nSPS) is 12.2. The topological polar surface area (TPSA) is 118 Å². The van der Waals surface area contributed by atoms with Gasteiger partial charge in [-0.3, -0.25) is 0 Å². The zero-order chi connectivity index (χ0) is 23.0. The van der Waals surface area contributed by atoms with E-state index in [1.807, 2.05) is 6.07 Å². The summed E-state index contributed by atoms with van der Waals surface area (Å²) < 4.78 is 16.6. The van der Waals surface area contributed by atoms with Gasteiger partial charge in [0.2, 0.25) is 0 Å². The van der Waals surface area contributed by atoms with Crippen molar-refractivity contribution in [3.05, 3.63) is 52.0 Å². The van der Waals surface area contributed by atoms with Crippen LogP contribution in [-0.2, 0) is 19.9 Å². The van der Waals surface area contributed by atoms with Gasteiger partial charge >= 0.3 is 11.9 Å². The van der Waals surface area contributed by atoms with Gasteiger partial charge in [0.25, 0.3) is 0 Å². The van der Waals surface area contributed by atoms with Crippen LogP contribution in [0.3, 0.4) is 0 Å². The fraction of sp³-hybridized carbons (Fsp3) is 0.318. The number of carbonyl (C=O) groups is 2. The van der Waals surface area contributed by atoms with Gasteiger partial charge in [-0.2, -0.15) is 5.26 Å². The van der Waals surface area contributed by atoms with E-state index < -0.39 is 24.1 Å². The summed E-state index contributed by atoms with van der Waals surface area (Å²) in [5, 5.41) is 22.3. The summed E-state index contributed by atoms with van der Waals surface area (Å²) >= 11 is 3.38. The third-order valence-corrected chi connectivity index (χ3v) is 5.06. The van der Waals surface area contributed by atoms with Gasteiger partial charge in [-0.25, -0.2) is 9.59 Å². The maximum Gasteiger partial charge on any atom is 0.344 e. The minimum Gasteiger partial charge on any atom is -0.493 e. The molecule has 0 saturated heterocycles. The molecule has 0 saturated carbocycles. The maximum atomic E-state index is 12.6. The van der Waals surface area contributed by atoms with Crippen molar-refractivity contribution in [2.75, 3.05) is 25.6 Å². The van der Waals surface area contributed by atoms with Crippen molar-refractivity contribution in [1.29, 1.82) is 5.26 Å². The van der Waals surface area contributed by atoms with Gasteiger partial charge in [0.1, 0.15) is 0 Å². The summed E-state index contributed by atoms with van der Waals surface area (Å²) in [6, 6.07) is 11.7. The van der Waals surface area contributed by atoms with Crippen LogP contribution in [0.1, 0.15) is 31.4 Å². The Hall–Kier alpha value is -3.25. The number of ether oxygens (including phenoxy) is 3. The Bertz CT molecular complexity index is 987. The third-order valence-electron chi connectivity index (χ3n) is 4.61. The van der Waals surface area contributed by atoms with Crippen molar-refractivity contribution in [2.45, 2.75) is 25.8 Å². The number of aliphatic carboxylic acids is 1. The zero-order valence-electron chi connectivity index (χ0n) is 17.4. The fourth-order valence-corrected chi connectivity index (χ4v) is 3.50. The largest absolute Gasteiger partial charge is 0.493 e.